The largest absolute Gasteiger partial charge is 0.308 e. The topological polar surface area (TPSA) is 77.6 Å². The molecule has 0 aliphatic heterocycles. The van der Waals surface area contributed by atoms with Crippen LogP contribution in [0.2, 0.25) is 0 Å². The Hall–Kier alpha value is -4.26. The molecule has 7 heteroatoms. The summed E-state index contributed by atoms with van der Waals surface area (Å²) < 4.78 is 3.55. The predicted molar refractivity (Wildman–Crippen MR) is 134 cm³/mol. The van der Waals surface area contributed by atoms with Crippen LogP contribution in [-0.2, 0) is 17.9 Å². The van der Waals surface area contributed by atoms with E-state index >= 15 is 0 Å². The maximum absolute atomic E-state index is 12.9. The molecule has 7 nitrogen and oxygen atoms in total. The molecule has 0 aliphatic rings. The SMILES string of the molecule is Cc1cccc(Cn2nc(NC(=O)Cn3nc(C)c4c(-c5ccccc5)ccnc43)cc2C)c1. The molecule has 0 spiro atoms. The average molecular weight is 451 g/mol. The maximum atomic E-state index is 12.9. The van der Waals surface area contributed by atoms with E-state index in [1.807, 2.05) is 54.9 Å². The van der Waals surface area contributed by atoms with E-state index in [1.165, 1.54) is 11.1 Å². The first kappa shape index (κ1) is 21.6. The first-order valence-corrected chi connectivity index (χ1v) is 11.3. The predicted octanol–water partition coefficient (Wildman–Crippen LogP) is 4.91. The molecule has 0 bridgehead atoms. The summed E-state index contributed by atoms with van der Waals surface area (Å²) in [7, 11) is 0. The van der Waals surface area contributed by atoms with Crippen molar-refractivity contribution in [2.24, 2.45) is 0 Å². The third-order valence-electron chi connectivity index (χ3n) is 5.85. The van der Waals surface area contributed by atoms with E-state index in [2.05, 4.69) is 57.8 Å². The van der Waals surface area contributed by atoms with Crippen LogP contribution in [0, 0.1) is 20.8 Å². The number of fused-ring (bicyclic) bond motifs is 1. The molecule has 0 radical (unpaired) electrons. The van der Waals surface area contributed by atoms with Crippen LogP contribution >= 0.6 is 0 Å². The van der Waals surface area contributed by atoms with E-state index in [-0.39, 0.29) is 12.5 Å². The molecule has 2 aromatic carbocycles. The van der Waals surface area contributed by atoms with Crippen molar-refractivity contribution in [3.63, 3.8) is 0 Å². The van der Waals surface area contributed by atoms with Crippen molar-refractivity contribution in [3.8, 4) is 11.1 Å². The van der Waals surface area contributed by atoms with Gasteiger partial charge in [-0.2, -0.15) is 10.2 Å². The van der Waals surface area contributed by atoms with Gasteiger partial charge in [0.2, 0.25) is 5.91 Å². The molecule has 5 aromatic rings. The zero-order valence-electron chi connectivity index (χ0n) is 19.5. The second kappa shape index (κ2) is 8.94. The number of nitrogens with one attached hydrogen (secondary N) is 1. The summed E-state index contributed by atoms with van der Waals surface area (Å²) >= 11 is 0. The highest BCUT2D eigenvalue weighted by atomic mass is 16.2. The molecule has 3 heterocycles. The van der Waals surface area contributed by atoms with Crippen molar-refractivity contribution < 1.29 is 4.79 Å². The lowest BCUT2D eigenvalue weighted by atomic mass is 10.0. The number of carbonyl (C=O) groups is 1. The molecule has 0 saturated heterocycles. The van der Waals surface area contributed by atoms with E-state index < -0.39 is 0 Å². The van der Waals surface area contributed by atoms with Gasteiger partial charge in [-0.25, -0.2) is 9.67 Å². The number of aromatic nitrogens is 5. The monoisotopic (exact) mass is 450 g/mol. The summed E-state index contributed by atoms with van der Waals surface area (Å²) in [4.78, 5) is 17.4. The van der Waals surface area contributed by atoms with Crippen LogP contribution in [-0.4, -0.2) is 30.5 Å². The Kier molecular flexibility index (Phi) is 5.67. The summed E-state index contributed by atoms with van der Waals surface area (Å²) in [6, 6.07) is 22.3. The molecular weight excluding hydrogens is 424 g/mol. The fourth-order valence-electron chi connectivity index (χ4n) is 4.28. The zero-order chi connectivity index (χ0) is 23.7. The standard InChI is InChI=1S/C27H26N6O/c1-18-8-7-9-21(14-18)16-32-19(2)15-24(31-32)29-25(34)17-33-27-26(20(3)30-33)23(12-13-28-27)22-10-5-4-6-11-22/h4-15H,16-17H2,1-3H3,(H,29,31,34). The molecular formula is C27H26N6O. The van der Waals surface area contributed by atoms with Gasteiger partial charge >= 0.3 is 0 Å². The normalized spacial score (nSPS) is 11.1. The van der Waals surface area contributed by atoms with Gasteiger partial charge in [0.05, 0.1) is 12.2 Å². The number of pyridine rings is 1. The fourth-order valence-corrected chi connectivity index (χ4v) is 4.28. The lowest BCUT2D eigenvalue weighted by Gasteiger charge is -2.06. The number of hydrogen-bond acceptors (Lipinski definition) is 4. The lowest BCUT2D eigenvalue weighted by Crippen LogP contribution is -2.20. The third-order valence-corrected chi connectivity index (χ3v) is 5.85. The van der Waals surface area contributed by atoms with Crippen LogP contribution in [0.4, 0.5) is 5.82 Å². The summed E-state index contributed by atoms with van der Waals surface area (Å²) in [5, 5.41) is 13.1. The molecule has 0 atom stereocenters. The first-order valence-electron chi connectivity index (χ1n) is 11.3. The van der Waals surface area contributed by atoms with Crippen LogP contribution in [0.5, 0.6) is 0 Å². The summed E-state index contributed by atoms with van der Waals surface area (Å²) in [5.41, 5.74) is 7.04. The average Bonchev–Trinajstić information content (AvgIpc) is 3.32. The van der Waals surface area contributed by atoms with Gasteiger partial charge in [0.15, 0.2) is 11.5 Å². The van der Waals surface area contributed by atoms with Crippen LogP contribution in [0.1, 0.15) is 22.5 Å². The second-order valence-corrected chi connectivity index (χ2v) is 8.53. The summed E-state index contributed by atoms with van der Waals surface area (Å²) in [6.07, 6.45) is 1.76. The highest BCUT2D eigenvalue weighted by Crippen LogP contribution is 2.29. The zero-order valence-corrected chi connectivity index (χ0v) is 19.5. The van der Waals surface area contributed by atoms with Crippen molar-refractivity contribution in [1.82, 2.24) is 24.5 Å². The van der Waals surface area contributed by atoms with Crippen molar-refractivity contribution in [3.05, 3.63) is 95.4 Å². The molecule has 3 aromatic heterocycles. The Morgan fingerprint density at radius 1 is 0.912 bits per heavy atom. The van der Waals surface area contributed by atoms with Gasteiger partial charge in [0.25, 0.3) is 0 Å². The summed E-state index contributed by atoms with van der Waals surface area (Å²) in [6.45, 7) is 6.71. The quantitative estimate of drug-likeness (QED) is 0.399. The van der Waals surface area contributed by atoms with Gasteiger partial charge in [0, 0.05) is 23.3 Å². The number of benzene rings is 2. The number of hydrogen-bond donors (Lipinski definition) is 1. The Morgan fingerprint density at radius 3 is 2.53 bits per heavy atom. The van der Waals surface area contributed by atoms with Crippen LogP contribution in [0.3, 0.4) is 0 Å². The Balaban J connectivity index is 1.35. The van der Waals surface area contributed by atoms with Crippen LogP contribution < -0.4 is 5.32 Å². The van der Waals surface area contributed by atoms with E-state index in [9.17, 15) is 4.79 Å². The molecule has 0 fully saturated rings. The number of carbonyl (C=O) groups excluding carboxylic acids is 1. The van der Waals surface area contributed by atoms with Gasteiger partial charge < -0.3 is 5.32 Å². The van der Waals surface area contributed by atoms with E-state index in [0.29, 0.717) is 18.0 Å². The van der Waals surface area contributed by atoms with Gasteiger partial charge in [-0.3, -0.25) is 9.48 Å². The lowest BCUT2D eigenvalue weighted by molar-refractivity contribution is -0.116. The molecule has 1 N–H and O–H groups in total. The van der Waals surface area contributed by atoms with Gasteiger partial charge in [0.1, 0.15) is 6.54 Å². The minimum atomic E-state index is -0.198. The van der Waals surface area contributed by atoms with Crippen LogP contribution in [0.15, 0.2) is 72.9 Å². The summed E-state index contributed by atoms with van der Waals surface area (Å²) in [5.74, 6) is 0.331. The molecule has 0 aliphatic carbocycles. The molecule has 170 valence electrons. The first-order chi connectivity index (χ1) is 16.5. The Morgan fingerprint density at radius 2 is 1.74 bits per heavy atom. The number of anilines is 1. The smallest absolute Gasteiger partial charge is 0.247 e. The van der Waals surface area contributed by atoms with Gasteiger partial charge in [-0.1, -0.05) is 60.2 Å². The minimum absolute atomic E-state index is 0.0549. The number of aryl methyl sites for hydroxylation is 3. The van der Waals surface area contributed by atoms with Crippen molar-refractivity contribution in [1.29, 1.82) is 0 Å². The molecule has 5 rings (SSSR count). The second-order valence-electron chi connectivity index (χ2n) is 8.53. The molecule has 0 saturated carbocycles. The maximum Gasteiger partial charge on any atom is 0.247 e. The molecule has 0 unspecified atom stereocenters. The number of amides is 1. The van der Waals surface area contributed by atoms with Crippen molar-refractivity contribution in [2.75, 3.05) is 5.32 Å². The third kappa shape index (κ3) is 4.32. The van der Waals surface area contributed by atoms with Gasteiger partial charge in [-0.05, 0) is 43.5 Å². The van der Waals surface area contributed by atoms with Crippen molar-refractivity contribution >= 4 is 22.8 Å². The van der Waals surface area contributed by atoms with E-state index in [1.54, 1.807) is 10.9 Å². The number of nitrogens with zero attached hydrogens (tertiary/aromatic N) is 5. The molecule has 1 amide bonds. The van der Waals surface area contributed by atoms with Gasteiger partial charge in [-0.15, -0.1) is 0 Å². The van der Waals surface area contributed by atoms with Crippen LogP contribution in [0.25, 0.3) is 22.2 Å². The van der Waals surface area contributed by atoms with Crippen molar-refractivity contribution in [2.45, 2.75) is 33.9 Å². The van der Waals surface area contributed by atoms with E-state index in [4.69, 9.17) is 0 Å². The minimum Gasteiger partial charge on any atom is -0.308 e. The highest BCUT2D eigenvalue weighted by molar-refractivity contribution is 5.96. The highest BCUT2D eigenvalue weighted by Gasteiger charge is 2.16. The fraction of sp³-hybridized carbons (Fsp3) is 0.185. The molecule has 34 heavy (non-hydrogen) atoms. The van der Waals surface area contributed by atoms with E-state index in [0.717, 1.165) is 27.9 Å². The Bertz CT molecular complexity index is 1480. The number of rotatable bonds is 6. The Labute approximate surface area is 198 Å².